The maximum Gasteiger partial charge on any atom is 0.156 e. The van der Waals surface area contributed by atoms with Crippen molar-refractivity contribution >= 4 is 29.5 Å². The van der Waals surface area contributed by atoms with Crippen molar-refractivity contribution in [3.05, 3.63) is 21.7 Å². The minimum absolute atomic E-state index is 0.110. The molecule has 0 fully saturated rings. The molecule has 0 bridgehead atoms. The predicted octanol–water partition coefficient (Wildman–Crippen LogP) is 2.72. The van der Waals surface area contributed by atoms with Gasteiger partial charge in [0.1, 0.15) is 16.1 Å². The van der Waals surface area contributed by atoms with Crippen molar-refractivity contribution in [1.82, 2.24) is 9.97 Å². The summed E-state index contributed by atoms with van der Waals surface area (Å²) in [4.78, 5) is 18.4. The summed E-state index contributed by atoms with van der Waals surface area (Å²) >= 11 is 11.4. The Morgan fingerprint density at radius 1 is 1.23 bits per heavy atom. The first kappa shape index (κ1) is 10.4. The Hall–Kier alpha value is -0.670. The van der Waals surface area contributed by atoms with Crippen molar-refractivity contribution < 1.29 is 4.79 Å². The van der Waals surface area contributed by atoms with Gasteiger partial charge < -0.3 is 0 Å². The monoisotopic (exact) mass is 218 g/mol. The fraction of sp³-hybridized carbons (Fsp3) is 0.375. The lowest BCUT2D eigenvalue weighted by Crippen LogP contribution is -2.01. The number of carbonyl (C=O) groups is 1. The molecule has 0 aliphatic rings. The molecule has 1 rings (SSSR count). The van der Waals surface area contributed by atoms with Crippen LogP contribution in [0.15, 0.2) is 0 Å². The third kappa shape index (κ3) is 2.17. The third-order valence-corrected chi connectivity index (χ3v) is 2.08. The summed E-state index contributed by atoms with van der Waals surface area (Å²) < 4.78 is 0. The van der Waals surface area contributed by atoms with Gasteiger partial charge in [-0.1, -0.05) is 37.0 Å². The summed E-state index contributed by atoms with van der Waals surface area (Å²) in [5.74, 6) is 0.677. The summed E-state index contributed by atoms with van der Waals surface area (Å²) in [5.41, 5.74) is 0.146. The number of nitrogens with zero attached hydrogens (tertiary/aromatic N) is 2. The van der Waals surface area contributed by atoms with E-state index in [1.165, 1.54) is 0 Å². The summed E-state index contributed by atoms with van der Waals surface area (Å²) in [7, 11) is 0. The van der Waals surface area contributed by atoms with E-state index in [9.17, 15) is 4.79 Å². The first-order valence-corrected chi connectivity index (χ1v) is 4.50. The van der Waals surface area contributed by atoms with Gasteiger partial charge in [-0.25, -0.2) is 9.97 Å². The van der Waals surface area contributed by atoms with Crippen LogP contribution in [0.25, 0.3) is 0 Å². The second-order valence-corrected chi connectivity index (χ2v) is 3.57. The Morgan fingerprint density at radius 3 is 2.00 bits per heavy atom. The number of carbonyl (C=O) groups excluding carboxylic acids is 1. The van der Waals surface area contributed by atoms with Crippen molar-refractivity contribution in [2.75, 3.05) is 0 Å². The van der Waals surface area contributed by atoms with Crippen LogP contribution in [-0.2, 0) is 0 Å². The van der Waals surface area contributed by atoms with E-state index in [4.69, 9.17) is 23.2 Å². The summed E-state index contributed by atoms with van der Waals surface area (Å²) in [6, 6.07) is 0. The van der Waals surface area contributed by atoms with E-state index in [0.29, 0.717) is 12.1 Å². The minimum Gasteiger partial charge on any atom is -0.298 e. The molecule has 0 N–H and O–H groups in total. The molecule has 0 saturated heterocycles. The first-order chi connectivity index (χ1) is 6.06. The van der Waals surface area contributed by atoms with Gasteiger partial charge in [0.15, 0.2) is 6.29 Å². The van der Waals surface area contributed by atoms with Gasteiger partial charge in [-0.3, -0.25) is 4.79 Å². The van der Waals surface area contributed by atoms with Gasteiger partial charge in [0, 0.05) is 5.92 Å². The van der Waals surface area contributed by atoms with Crippen LogP contribution in [0.1, 0.15) is 35.9 Å². The van der Waals surface area contributed by atoms with E-state index in [2.05, 4.69) is 9.97 Å². The zero-order chi connectivity index (χ0) is 10.0. The molecule has 0 amide bonds. The zero-order valence-corrected chi connectivity index (χ0v) is 8.73. The minimum atomic E-state index is 0.110. The standard InChI is InChI=1S/C8H8Cl2N2O/c1-4(2)8-11-6(9)5(3-13)7(10)12-8/h3-4H,1-2H3. The largest absolute Gasteiger partial charge is 0.298 e. The number of aldehydes is 1. The highest BCUT2D eigenvalue weighted by atomic mass is 35.5. The molecule has 0 radical (unpaired) electrons. The predicted molar refractivity (Wildman–Crippen MR) is 51.5 cm³/mol. The molecule has 0 atom stereocenters. The molecule has 0 aliphatic heterocycles. The molecule has 5 heteroatoms. The van der Waals surface area contributed by atoms with E-state index < -0.39 is 0 Å². The molecule has 1 heterocycles. The zero-order valence-electron chi connectivity index (χ0n) is 7.21. The number of hydrogen-bond acceptors (Lipinski definition) is 3. The quantitative estimate of drug-likeness (QED) is 0.567. The van der Waals surface area contributed by atoms with Gasteiger partial charge in [0.2, 0.25) is 0 Å². The van der Waals surface area contributed by atoms with E-state index in [1.54, 1.807) is 0 Å². The Labute approximate surface area is 86.1 Å². The second-order valence-electron chi connectivity index (χ2n) is 2.85. The van der Waals surface area contributed by atoms with Crippen LogP contribution in [0.2, 0.25) is 10.3 Å². The maximum absolute atomic E-state index is 10.5. The Morgan fingerprint density at radius 2 is 1.69 bits per heavy atom. The lowest BCUT2D eigenvalue weighted by atomic mass is 10.2. The van der Waals surface area contributed by atoms with Crippen molar-refractivity contribution in [2.24, 2.45) is 0 Å². The molecule has 0 unspecified atom stereocenters. The van der Waals surface area contributed by atoms with Gasteiger partial charge in [-0.05, 0) is 0 Å². The van der Waals surface area contributed by atoms with Gasteiger partial charge in [0.25, 0.3) is 0 Å². The molecular weight excluding hydrogens is 211 g/mol. The van der Waals surface area contributed by atoms with Gasteiger partial charge in [-0.15, -0.1) is 0 Å². The number of aromatic nitrogens is 2. The van der Waals surface area contributed by atoms with E-state index in [-0.39, 0.29) is 21.8 Å². The van der Waals surface area contributed by atoms with Gasteiger partial charge in [-0.2, -0.15) is 0 Å². The molecular formula is C8H8Cl2N2O. The second kappa shape index (κ2) is 4.03. The van der Waals surface area contributed by atoms with Crippen LogP contribution >= 0.6 is 23.2 Å². The van der Waals surface area contributed by atoms with Gasteiger partial charge in [0.05, 0.1) is 5.56 Å². The molecule has 1 aromatic heterocycles. The molecule has 0 aliphatic carbocycles. The highest BCUT2D eigenvalue weighted by Crippen LogP contribution is 2.21. The van der Waals surface area contributed by atoms with Crippen LogP contribution in [-0.4, -0.2) is 16.3 Å². The van der Waals surface area contributed by atoms with Gasteiger partial charge >= 0.3 is 0 Å². The fourth-order valence-electron chi connectivity index (χ4n) is 0.787. The average Bonchev–Trinajstić information content (AvgIpc) is 2.03. The highest BCUT2D eigenvalue weighted by molar-refractivity contribution is 6.36. The molecule has 70 valence electrons. The molecule has 1 aromatic rings. The van der Waals surface area contributed by atoms with Crippen molar-refractivity contribution in [2.45, 2.75) is 19.8 Å². The summed E-state index contributed by atoms with van der Waals surface area (Å²) in [6.45, 7) is 3.84. The summed E-state index contributed by atoms with van der Waals surface area (Å²) in [6.07, 6.45) is 0.550. The van der Waals surface area contributed by atoms with Crippen molar-refractivity contribution in [1.29, 1.82) is 0 Å². The number of hydrogen-bond donors (Lipinski definition) is 0. The van der Waals surface area contributed by atoms with Crippen LogP contribution < -0.4 is 0 Å². The molecule has 0 aromatic carbocycles. The molecule has 3 nitrogen and oxygen atoms in total. The average molecular weight is 219 g/mol. The maximum atomic E-state index is 10.5. The third-order valence-electron chi connectivity index (χ3n) is 1.50. The topological polar surface area (TPSA) is 42.9 Å². The van der Waals surface area contributed by atoms with Crippen LogP contribution in [0.5, 0.6) is 0 Å². The lowest BCUT2D eigenvalue weighted by molar-refractivity contribution is 0.112. The fourth-order valence-corrected chi connectivity index (χ4v) is 1.28. The number of rotatable bonds is 2. The van der Waals surface area contributed by atoms with E-state index >= 15 is 0 Å². The SMILES string of the molecule is CC(C)c1nc(Cl)c(C=O)c(Cl)n1. The normalized spacial score (nSPS) is 10.5. The van der Waals surface area contributed by atoms with Crippen molar-refractivity contribution in [3.63, 3.8) is 0 Å². The molecule has 0 saturated carbocycles. The lowest BCUT2D eigenvalue weighted by Gasteiger charge is -2.05. The van der Waals surface area contributed by atoms with Crippen molar-refractivity contribution in [3.8, 4) is 0 Å². The first-order valence-electron chi connectivity index (χ1n) is 3.74. The molecule has 13 heavy (non-hydrogen) atoms. The van der Waals surface area contributed by atoms with Crippen LogP contribution in [0.3, 0.4) is 0 Å². The smallest absolute Gasteiger partial charge is 0.156 e. The van der Waals surface area contributed by atoms with E-state index in [1.807, 2.05) is 13.8 Å². The highest BCUT2D eigenvalue weighted by Gasteiger charge is 2.12. The van der Waals surface area contributed by atoms with E-state index in [0.717, 1.165) is 0 Å². The number of halogens is 2. The van der Waals surface area contributed by atoms with Crippen LogP contribution in [0, 0.1) is 0 Å². The van der Waals surface area contributed by atoms with Crippen LogP contribution in [0.4, 0.5) is 0 Å². The Bertz CT molecular complexity index is 316. The summed E-state index contributed by atoms with van der Waals surface area (Å²) in [5, 5.41) is 0.220. The Balaban J connectivity index is 3.28. The molecule has 0 spiro atoms. The Kier molecular flexibility index (Phi) is 3.22.